The molecular weight excluding hydrogens is 190 g/mol. The first-order valence-corrected chi connectivity index (χ1v) is 5.22. The lowest BCUT2D eigenvalue weighted by Gasteiger charge is -2.12. The van der Waals surface area contributed by atoms with Crippen molar-refractivity contribution in [3.63, 3.8) is 0 Å². The minimum atomic E-state index is 0.438. The molecule has 0 bridgehead atoms. The Hall–Kier alpha value is -1.00. The van der Waals surface area contributed by atoms with Gasteiger partial charge in [0, 0.05) is 38.7 Å². The summed E-state index contributed by atoms with van der Waals surface area (Å²) >= 11 is 0. The molecule has 0 radical (unpaired) electrons. The Morgan fingerprint density at radius 3 is 2.80 bits per heavy atom. The largest absolute Gasteiger partial charge is 0.385 e. The quantitative estimate of drug-likeness (QED) is 0.767. The Morgan fingerprint density at radius 2 is 2.20 bits per heavy atom. The van der Waals surface area contributed by atoms with E-state index >= 15 is 0 Å². The zero-order chi connectivity index (χ0) is 11.1. The standard InChI is InChI=1S/C11H19N3O/c1-9(4-5-15-3)12-7-11-8-13-10(2)6-14-11/h6,8-9,12H,4-5,7H2,1-3H3. The molecule has 0 aliphatic rings. The number of rotatable bonds is 6. The fraction of sp³-hybridized carbons (Fsp3) is 0.636. The fourth-order valence-corrected chi connectivity index (χ4v) is 1.19. The highest BCUT2D eigenvalue weighted by Gasteiger charge is 2.01. The number of ether oxygens (including phenoxy) is 1. The molecule has 0 aromatic carbocycles. The molecule has 0 saturated heterocycles. The smallest absolute Gasteiger partial charge is 0.0724 e. The van der Waals surface area contributed by atoms with E-state index in [4.69, 9.17) is 4.74 Å². The molecule has 0 fully saturated rings. The van der Waals surface area contributed by atoms with Crippen LogP contribution < -0.4 is 5.32 Å². The molecule has 4 nitrogen and oxygen atoms in total. The summed E-state index contributed by atoms with van der Waals surface area (Å²) in [6, 6.07) is 0.438. The molecule has 1 aromatic heterocycles. The first-order valence-electron chi connectivity index (χ1n) is 5.22. The van der Waals surface area contributed by atoms with Crippen LogP contribution >= 0.6 is 0 Å². The Balaban J connectivity index is 2.27. The van der Waals surface area contributed by atoms with Gasteiger partial charge in [-0.1, -0.05) is 0 Å². The molecule has 1 unspecified atom stereocenters. The molecule has 1 rings (SSSR count). The summed E-state index contributed by atoms with van der Waals surface area (Å²) < 4.78 is 5.01. The van der Waals surface area contributed by atoms with Crippen LogP contribution in [0.2, 0.25) is 0 Å². The highest BCUT2D eigenvalue weighted by Crippen LogP contribution is 1.96. The number of hydrogen-bond donors (Lipinski definition) is 1. The van der Waals surface area contributed by atoms with Crippen LogP contribution in [0.1, 0.15) is 24.7 Å². The van der Waals surface area contributed by atoms with E-state index in [1.54, 1.807) is 13.3 Å². The Morgan fingerprint density at radius 1 is 1.40 bits per heavy atom. The van der Waals surface area contributed by atoms with E-state index in [0.717, 1.165) is 31.0 Å². The number of aromatic nitrogens is 2. The van der Waals surface area contributed by atoms with Gasteiger partial charge in [-0.25, -0.2) is 0 Å². The molecule has 1 heterocycles. The van der Waals surface area contributed by atoms with Gasteiger partial charge in [-0.2, -0.15) is 0 Å². The van der Waals surface area contributed by atoms with Gasteiger partial charge < -0.3 is 10.1 Å². The van der Waals surface area contributed by atoms with Gasteiger partial charge in [0.25, 0.3) is 0 Å². The van der Waals surface area contributed by atoms with E-state index in [0.29, 0.717) is 6.04 Å². The van der Waals surface area contributed by atoms with E-state index in [1.807, 2.05) is 13.1 Å². The normalized spacial score (nSPS) is 12.7. The van der Waals surface area contributed by atoms with Crippen molar-refractivity contribution < 1.29 is 4.74 Å². The number of methoxy groups -OCH3 is 1. The van der Waals surface area contributed by atoms with Gasteiger partial charge in [0.2, 0.25) is 0 Å². The van der Waals surface area contributed by atoms with Crippen molar-refractivity contribution in [2.45, 2.75) is 32.9 Å². The molecule has 84 valence electrons. The summed E-state index contributed by atoms with van der Waals surface area (Å²) in [6.45, 7) is 5.62. The number of aryl methyl sites for hydroxylation is 1. The Bertz CT molecular complexity index is 274. The molecule has 0 saturated carbocycles. The summed E-state index contributed by atoms with van der Waals surface area (Å²) in [6.07, 6.45) is 4.61. The molecule has 0 aliphatic carbocycles. The van der Waals surface area contributed by atoms with Crippen LogP contribution in [0.25, 0.3) is 0 Å². The third-order valence-corrected chi connectivity index (χ3v) is 2.22. The summed E-state index contributed by atoms with van der Waals surface area (Å²) in [5, 5.41) is 3.37. The monoisotopic (exact) mass is 209 g/mol. The van der Waals surface area contributed by atoms with E-state index in [9.17, 15) is 0 Å². The van der Waals surface area contributed by atoms with Gasteiger partial charge in [0.1, 0.15) is 0 Å². The molecule has 4 heteroatoms. The van der Waals surface area contributed by atoms with Crippen LogP contribution in [0.3, 0.4) is 0 Å². The lowest BCUT2D eigenvalue weighted by molar-refractivity contribution is 0.184. The molecule has 1 atom stereocenters. The average Bonchev–Trinajstić information content (AvgIpc) is 2.25. The Kier molecular flexibility index (Phi) is 5.21. The van der Waals surface area contributed by atoms with Gasteiger partial charge >= 0.3 is 0 Å². The summed E-state index contributed by atoms with van der Waals surface area (Å²) in [7, 11) is 1.72. The minimum Gasteiger partial charge on any atom is -0.385 e. The van der Waals surface area contributed by atoms with E-state index in [2.05, 4.69) is 22.2 Å². The molecular formula is C11H19N3O. The molecule has 0 amide bonds. The molecule has 0 aliphatic heterocycles. The van der Waals surface area contributed by atoms with Gasteiger partial charge in [0.05, 0.1) is 11.4 Å². The van der Waals surface area contributed by atoms with Gasteiger partial charge in [-0.05, 0) is 20.3 Å². The summed E-state index contributed by atoms with van der Waals surface area (Å²) in [5.74, 6) is 0. The second-order valence-corrected chi connectivity index (χ2v) is 3.71. The zero-order valence-corrected chi connectivity index (χ0v) is 9.66. The van der Waals surface area contributed by atoms with Crippen LogP contribution in [-0.2, 0) is 11.3 Å². The minimum absolute atomic E-state index is 0.438. The van der Waals surface area contributed by atoms with E-state index in [1.165, 1.54) is 0 Å². The number of nitrogens with zero attached hydrogens (tertiary/aromatic N) is 2. The summed E-state index contributed by atoms with van der Waals surface area (Å²) in [4.78, 5) is 8.47. The second kappa shape index (κ2) is 6.48. The van der Waals surface area contributed by atoms with Crippen LogP contribution in [0.15, 0.2) is 12.4 Å². The maximum Gasteiger partial charge on any atom is 0.0724 e. The number of nitrogens with one attached hydrogen (secondary N) is 1. The maximum atomic E-state index is 5.01. The number of hydrogen-bond acceptors (Lipinski definition) is 4. The molecule has 15 heavy (non-hydrogen) atoms. The lowest BCUT2D eigenvalue weighted by Crippen LogP contribution is -2.27. The maximum absolute atomic E-state index is 5.01. The van der Waals surface area contributed by atoms with Crippen molar-refractivity contribution >= 4 is 0 Å². The molecule has 1 aromatic rings. The van der Waals surface area contributed by atoms with Crippen LogP contribution in [-0.4, -0.2) is 29.7 Å². The van der Waals surface area contributed by atoms with Crippen molar-refractivity contribution in [1.29, 1.82) is 0 Å². The lowest BCUT2D eigenvalue weighted by atomic mass is 10.2. The SMILES string of the molecule is COCCC(C)NCc1cnc(C)cn1. The first-order chi connectivity index (χ1) is 7.22. The zero-order valence-electron chi connectivity index (χ0n) is 9.66. The predicted octanol–water partition coefficient (Wildman–Crippen LogP) is 1.30. The van der Waals surface area contributed by atoms with Gasteiger partial charge in [-0.15, -0.1) is 0 Å². The van der Waals surface area contributed by atoms with Crippen LogP contribution in [0.5, 0.6) is 0 Å². The fourth-order valence-electron chi connectivity index (χ4n) is 1.19. The van der Waals surface area contributed by atoms with Crippen LogP contribution in [0, 0.1) is 6.92 Å². The van der Waals surface area contributed by atoms with Crippen molar-refractivity contribution in [1.82, 2.24) is 15.3 Å². The average molecular weight is 209 g/mol. The van der Waals surface area contributed by atoms with Crippen molar-refractivity contribution in [3.05, 3.63) is 23.8 Å². The van der Waals surface area contributed by atoms with E-state index in [-0.39, 0.29) is 0 Å². The third-order valence-electron chi connectivity index (χ3n) is 2.22. The van der Waals surface area contributed by atoms with Crippen molar-refractivity contribution in [2.75, 3.05) is 13.7 Å². The van der Waals surface area contributed by atoms with Crippen molar-refractivity contribution in [2.24, 2.45) is 0 Å². The topological polar surface area (TPSA) is 47.0 Å². The third kappa shape index (κ3) is 4.85. The predicted molar refractivity (Wildman–Crippen MR) is 59.6 cm³/mol. The highest BCUT2D eigenvalue weighted by molar-refractivity contribution is 5.00. The molecule has 0 spiro atoms. The Labute approximate surface area is 91.1 Å². The first kappa shape index (κ1) is 12.1. The molecule has 1 N–H and O–H groups in total. The second-order valence-electron chi connectivity index (χ2n) is 3.71. The van der Waals surface area contributed by atoms with E-state index < -0.39 is 0 Å². The van der Waals surface area contributed by atoms with Gasteiger partial charge in [-0.3, -0.25) is 9.97 Å². The highest BCUT2D eigenvalue weighted by atomic mass is 16.5. The van der Waals surface area contributed by atoms with Crippen molar-refractivity contribution in [3.8, 4) is 0 Å². The van der Waals surface area contributed by atoms with Crippen LogP contribution in [0.4, 0.5) is 0 Å². The van der Waals surface area contributed by atoms with Gasteiger partial charge in [0.15, 0.2) is 0 Å². The summed E-state index contributed by atoms with van der Waals surface area (Å²) in [5.41, 5.74) is 1.93.